The van der Waals surface area contributed by atoms with E-state index in [4.69, 9.17) is 17.3 Å². The molecule has 1 nitrogen and oxygen atoms in total. The molecule has 0 amide bonds. The van der Waals surface area contributed by atoms with Gasteiger partial charge in [-0.25, -0.2) is 0 Å². The molecule has 0 heterocycles. The largest absolute Gasteiger partial charge is 0.416 e. The Morgan fingerprint density at radius 2 is 1.93 bits per heavy atom. The molecule has 1 saturated carbocycles. The predicted octanol–water partition coefficient (Wildman–Crippen LogP) is 3.17. The van der Waals surface area contributed by atoms with Gasteiger partial charge in [0.15, 0.2) is 0 Å². The van der Waals surface area contributed by atoms with Crippen LogP contribution in [0, 0.1) is 0 Å². The molecule has 82 valence electrons. The highest BCUT2D eigenvalue weighted by Gasteiger charge is 2.38. The second-order valence-electron chi connectivity index (χ2n) is 3.74. The highest BCUT2D eigenvalue weighted by atomic mass is 35.5. The summed E-state index contributed by atoms with van der Waals surface area (Å²) in [5.41, 5.74) is 5.43. The molecule has 1 aromatic carbocycles. The summed E-state index contributed by atoms with van der Waals surface area (Å²) in [7, 11) is 0. The first-order valence-corrected chi connectivity index (χ1v) is 4.89. The molecule has 0 aromatic heterocycles. The van der Waals surface area contributed by atoms with Crippen molar-refractivity contribution in [1.82, 2.24) is 0 Å². The van der Waals surface area contributed by atoms with Gasteiger partial charge in [-0.15, -0.1) is 0 Å². The number of nitrogens with two attached hydrogens (primary N) is 1. The van der Waals surface area contributed by atoms with E-state index in [0.29, 0.717) is 17.0 Å². The van der Waals surface area contributed by atoms with E-state index in [0.717, 1.165) is 12.1 Å². The summed E-state index contributed by atoms with van der Waals surface area (Å²) < 4.78 is 37.2. The van der Waals surface area contributed by atoms with Crippen LogP contribution in [0.2, 0.25) is 5.02 Å². The maximum atomic E-state index is 12.4. The van der Waals surface area contributed by atoms with Crippen LogP contribution in [0.3, 0.4) is 0 Å². The lowest BCUT2D eigenvalue weighted by Crippen LogP contribution is -2.07. The zero-order valence-electron chi connectivity index (χ0n) is 7.68. The third kappa shape index (κ3) is 2.11. The highest BCUT2D eigenvalue weighted by molar-refractivity contribution is 6.31. The van der Waals surface area contributed by atoms with Gasteiger partial charge in [-0.1, -0.05) is 11.6 Å². The Labute approximate surface area is 90.0 Å². The van der Waals surface area contributed by atoms with Crippen molar-refractivity contribution in [3.8, 4) is 0 Å². The molecule has 5 heteroatoms. The molecule has 1 aromatic rings. The Hall–Kier alpha value is -0.740. The van der Waals surface area contributed by atoms with Crippen LogP contribution < -0.4 is 5.73 Å². The molecule has 0 bridgehead atoms. The lowest BCUT2D eigenvalue weighted by molar-refractivity contribution is -0.137. The average molecular weight is 236 g/mol. The van der Waals surface area contributed by atoms with Crippen molar-refractivity contribution in [2.75, 3.05) is 0 Å². The third-order valence-corrected chi connectivity index (χ3v) is 2.91. The molecular weight excluding hydrogens is 227 g/mol. The fourth-order valence-corrected chi connectivity index (χ4v) is 1.83. The van der Waals surface area contributed by atoms with Crippen LogP contribution in [0.4, 0.5) is 13.2 Å². The number of halogens is 4. The molecule has 1 fully saturated rings. The average Bonchev–Trinajstić information content (AvgIpc) is 2.81. The molecule has 2 unspecified atom stereocenters. The van der Waals surface area contributed by atoms with Gasteiger partial charge in [0.05, 0.1) is 5.56 Å². The summed E-state index contributed by atoms with van der Waals surface area (Å²) in [4.78, 5) is 0. The standard InChI is InChI=1S/C10H9ClF3N/c11-8-2-1-5(10(12,13)14)3-6(8)7-4-9(7)15/h1-3,7,9H,4,15H2. The van der Waals surface area contributed by atoms with Crippen molar-refractivity contribution in [1.29, 1.82) is 0 Å². The van der Waals surface area contributed by atoms with Crippen molar-refractivity contribution >= 4 is 11.6 Å². The molecule has 0 spiro atoms. The van der Waals surface area contributed by atoms with E-state index in [9.17, 15) is 13.2 Å². The van der Waals surface area contributed by atoms with E-state index in [-0.39, 0.29) is 12.0 Å². The lowest BCUT2D eigenvalue weighted by Gasteiger charge is -2.09. The zero-order chi connectivity index (χ0) is 11.2. The third-order valence-electron chi connectivity index (χ3n) is 2.56. The van der Waals surface area contributed by atoms with Crippen LogP contribution in [-0.4, -0.2) is 6.04 Å². The smallest absolute Gasteiger partial charge is 0.327 e. The number of hydrogen-bond donors (Lipinski definition) is 1. The highest BCUT2D eigenvalue weighted by Crippen LogP contribution is 2.44. The Morgan fingerprint density at radius 3 is 2.40 bits per heavy atom. The van der Waals surface area contributed by atoms with Crippen LogP contribution in [0.25, 0.3) is 0 Å². The van der Waals surface area contributed by atoms with E-state index in [1.807, 2.05) is 0 Å². The molecule has 0 saturated heterocycles. The maximum Gasteiger partial charge on any atom is 0.416 e. The van der Waals surface area contributed by atoms with Crippen LogP contribution in [0.1, 0.15) is 23.5 Å². The molecule has 15 heavy (non-hydrogen) atoms. The second-order valence-corrected chi connectivity index (χ2v) is 4.15. The molecular formula is C10H9ClF3N. The van der Waals surface area contributed by atoms with Crippen LogP contribution in [-0.2, 0) is 6.18 Å². The number of benzene rings is 1. The van der Waals surface area contributed by atoms with E-state index in [1.165, 1.54) is 6.07 Å². The summed E-state index contributed by atoms with van der Waals surface area (Å²) in [5, 5.41) is 0.362. The van der Waals surface area contributed by atoms with Gasteiger partial charge in [0.1, 0.15) is 0 Å². The van der Waals surface area contributed by atoms with E-state index >= 15 is 0 Å². The predicted molar refractivity (Wildman–Crippen MR) is 51.8 cm³/mol. The maximum absolute atomic E-state index is 12.4. The van der Waals surface area contributed by atoms with Crippen LogP contribution in [0.15, 0.2) is 18.2 Å². The Balaban J connectivity index is 2.38. The SMILES string of the molecule is NC1CC1c1cc(C(F)(F)F)ccc1Cl. The van der Waals surface area contributed by atoms with Gasteiger partial charge in [0.2, 0.25) is 0 Å². The van der Waals surface area contributed by atoms with Crippen molar-refractivity contribution in [2.45, 2.75) is 24.6 Å². The van der Waals surface area contributed by atoms with Gasteiger partial charge < -0.3 is 5.73 Å². The normalized spacial score (nSPS) is 25.4. The topological polar surface area (TPSA) is 26.0 Å². The van der Waals surface area contributed by atoms with Crippen LogP contribution in [0.5, 0.6) is 0 Å². The molecule has 2 N–H and O–H groups in total. The number of alkyl halides is 3. The van der Waals surface area contributed by atoms with Gasteiger partial charge >= 0.3 is 6.18 Å². The van der Waals surface area contributed by atoms with Crippen LogP contribution >= 0.6 is 11.6 Å². The summed E-state index contributed by atoms with van der Waals surface area (Å²) in [6.45, 7) is 0. The minimum absolute atomic E-state index is 0.0141. The Morgan fingerprint density at radius 1 is 1.33 bits per heavy atom. The van der Waals surface area contributed by atoms with Gasteiger partial charge in [0, 0.05) is 17.0 Å². The fraction of sp³-hybridized carbons (Fsp3) is 0.400. The molecule has 0 aliphatic heterocycles. The minimum atomic E-state index is -4.32. The number of rotatable bonds is 1. The van der Waals surface area contributed by atoms with Crippen molar-refractivity contribution < 1.29 is 13.2 Å². The monoisotopic (exact) mass is 235 g/mol. The van der Waals surface area contributed by atoms with E-state index in [1.54, 1.807) is 0 Å². The Kier molecular flexibility index (Phi) is 2.43. The molecule has 2 rings (SSSR count). The molecule has 0 radical (unpaired) electrons. The van der Waals surface area contributed by atoms with Gasteiger partial charge in [-0.2, -0.15) is 13.2 Å². The zero-order valence-corrected chi connectivity index (χ0v) is 8.44. The van der Waals surface area contributed by atoms with Crippen molar-refractivity contribution in [3.63, 3.8) is 0 Å². The minimum Gasteiger partial charge on any atom is -0.327 e. The summed E-state index contributed by atoms with van der Waals surface area (Å²) in [6, 6.07) is 3.32. The quantitative estimate of drug-likeness (QED) is 0.795. The van der Waals surface area contributed by atoms with Gasteiger partial charge in [-0.3, -0.25) is 0 Å². The first-order valence-electron chi connectivity index (χ1n) is 4.52. The van der Waals surface area contributed by atoms with Crippen molar-refractivity contribution in [2.24, 2.45) is 5.73 Å². The summed E-state index contributed by atoms with van der Waals surface area (Å²) >= 11 is 5.82. The summed E-state index contributed by atoms with van der Waals surface area (Å²) in [5.74, 6) is -0.0141. The number of hydrogen-bond acceptors (Lipinski definition) is 1. The molecule has 1 aliphatic rings. The first kappa shape index (κ1) is 10.8. The summed E-state index contributed by atoms with van der Waals surface area (Å²) in [6.07, 6.45) is -3.61. The Bertz CT molecular complexity index is 389. The lowest BCUT2D eigenvalue weighted by atomic mass is 10.1. The van der Waals surface area contributed by atoms with E-state index in [2.05, 4.69) is 0 Å². The fourth-order valence-electron chi connectivity index (χ4n) is 1.58. The first-order chi connectivity index (χ1) is 6.89. The van der Waals surface area contributed by atoms with Gasteiger partial charge in [-0.05, 0) is 30.2 Å². The second kappa shape index (κ2) is 3.39. The van der Waals surface area contributed by atoms with Gasteiger partial charge in [0.25, 0.3) is 0 Å². The van der Waals surface area contributed by atoms with Crippen molar-refractivity contribution in [3.05, 3.63) is 34.3 Å². The molecule has 2 atom stereocenters. The molecule has 1 aliphatic carbocycles. The van der Waals surface area contributed by atoms with E-state index < -0.39 is 11.7 Å².